The Kier molecular flexibility index (Phi) is 3.26. The van der Waals surface area contributed by atoms with Gasteiger partial charge in [-0.25, -0.2) is 8.42 Å². The zero-order valence-electron chi connectivity index (χ0n) is 10.5. The van der Waals surface area contributed by atoms with E-state index in [1.807, 2.05) is 30.3 Å². The molecule has 0 aromatic heterocycles. The lowest BCUT2D eigenvalue weighted by Gasteiger charge is -2.09. The molecule has 0 spiro atoms. The van der Waals surface area contributed by atoms with Crippen LogP contribution >= 0.6 is 15.9 Å². The van der Waals surface area contributed by atoms with Crippen molar-refractivity contribution in [3.05, 3.63) is 66.2 Å². The Morgan fingerprint density at radius 3 is 2.10 bits per heavy atom. The van der Waals surface area contributed by atoms with E-state index in [9.17, 15) is 8.42 Å². The summed E-state index contributed by atoms with van der Waals surface area (Å²) < 4.78 is 23.9. The minimum absolute atomic E-state index is 0.0613. The van der Waals surface area contributed by atoms with Crippen molar-refractivity contribution < 1.29 is 8.42 Å². The van der Waals surface area contributed by atoms with Crippen molar-refractivity contribution in [1.82, 2.24) is 0 Å². The molecule has 5 heteroatoms. The third-order valence-corrected chi connectivity index (χ3v) is 6.13. The van der Waals surface area contributed by atoms with Gasteiger partial charge in [0, 0.05) is 0 Å². The van der Waals surface area contributed by atoms with E-state index >= 15 is 0 Å². The topological polar surface area (TPSA) is 46.5 Å². The first-order chi connectivity index (χ1) is 9.51. The molecule has 102 valence electrons. The molecule has 0 saturated carbocycles. The highest BCUT2D eigenvalue weighted by Crippen LogP contribution is 2.40. The van der Waals surface area contributed by atoms with E-state index in [0.29, 0.717) is 4.90 Å². The lowest BCUT2D eigenvalue weighted by molar-refractivity contribution is 0.594. The summed E-state index contributed by atoms with van der Waals surface area (Å²) in [5, 5.41) is 0. The maximum Gasteiger partial charge on any atom is 0.182 e. The van der Waals surface area contributed by atoms with Crippen LogP contribution in [0.4, 0.5) is 0 Å². The summed E-state index contributed by atoms with van der Waals surface area (Å²) >= 11 is 3.44. The molecule has 0 aliphatic carbocycles. The maximum atomic E-state index is 12.4. The van der Waals surface area contributed by atoms with Crippen molar-refractivity contribution in [2.75, 3.05) is 5.75 Å². The molecule has 20 heavy (non-hydrogen) atoms. The molecule has 2 aromatic carbocycles. The fourth-order valence-electron chi connectivity index (χ4n) is 2.09. The number of alkyl halides is 1. The Morgan fingerprint density at radius 1 is 0.950 bits per heavy atom. The van der Waals surface area contributed by atoms with Gasteiger partial charge in [0.15, 0.2) is 14.3 Å². The average molecular weight is 350 g/mol. The molecule has 1 unspecified atom stereocenters. The second-order valence-corrected chi connectivity index (χ2v) is 7.96. The van der Waals surface area contributed by atoms with Crippen LogP contribution in [0.25, 0.3) is 0 Å². The summed E-state index contributed by atoms with van der Waals surface area (Å²) in [7, 11) is -3.36. The number of halogens is 1. The molecule has 1 heterocycles. The van der Waals surface area contributed by atoms with Crippen LogP contribution in [0, 0.1) is 0 Å². The molecular formula is C15H12BrNO2S. The van der Waals surface area contributed by atoms with Gasteiger partial charge in [0.1, 0.15) is 0 Å². The SMILES string of the molecule is O=S(=O)(CC1(Br)N=C1c1ccccc1)c1ccccc1. The Labute approximate surface area is 126 Å². The van der Waals surface area contributed by atoms with E-state index in [2.05, 4.69) is 20.9 Å². The van der Waals surface area contributed by atoms with Gasteiger partial charge >= 0.3 is 0 Å². The number of aliphatic imine (C=N–C) groups is 1. The molecule has 2 aromatic rings. The number of rotatable bonds is 4. The molecule has 1 atom stereocenters. The molecule has 0 amide bonds. The average Bonchev–Trinajstić information content (AvgIpc) is 3.11. The van der Waals surface area contributed by atoms with Crippen molar-refractivity contribution in [3.8, 4) is 0 Å². The summed E-state index contributed by atoms with van der Waals surface area (Å²) in [6, 6.07) is 18.1. The monoisotopic (exact) mass is 349 g/mol. The predicted molar refractivity (Wildman–Crippen MR) is 83.1 cm³/mol. The van der Waals surface area contributed by atoms with Gasteiger partial charge in [-0.1, -0.05) is 64.5 Å². The Balaban J connectivity index is 1.81. The first-order valence-electron chi connectivity index (χ1n) is 6.14. The summed E-state index contributed by atoms with van der Waals surface area (Å²) in [5.74, 6) is -0.0613. The van der Waals surface area contributed by atoms with E-state index in [-0.39, 0.29) is 5.75 Å². The van der Waals surface area contributed by atoms with Crippen LogP contribution in [0.5, 0.6) is 0 Å². The van der Waals surface area contributed by atoms with Crippen LogP contribution in [-0.2, 0) is 9.84 Å². The second kappa shape index (κ2) is 4.82. The van der Waals surface area contributed by atoms with Crippen molar-refractivity contribution >= 4 is 31.5 Å². The van der Waals surface area contributed by atoms with Gasteiger partial charge in [0.25, 0.3) is 0 Å². The Bertz CT molecular complexity index is 757. The van der Waals surface area contributed by atoms with Crippen molar-refractivity contribution in [1.29, 1.82) is 0 Å². The van der Waals surface area contributed by atoms with E-state index in [1.54, 1.807) is 30.3 Å². The molecule has 1 aliphatic rings. The third-order valence-electron chi connectivity index (χ3n) is 3.13. The molecule has 0 saturated heterocycles. The first-order valence-corrected chi connectivity index (χ1v) is 8.58. The lowest BCUT2D eigenvalue weighted by atomic mass is 10.1. The molecule has 0 N–H and O–H groups in total. The van der Waals surface area contributed by atoms with Crippen LogP contribution in [0.2, 0.25) is 0 Å². The summed E-state index contributed by atoms with van der Waals surface area (Å²) in [6.45, 7) is 0. The van der Waals surface area contributed by atoms with E-state index < -0.39 is 14.3 Å². The molecule has 0 radical (unpaired) electrons. The third kappa shape index (κ3) is 2.55. The number of benzene rings is 2. The molecule has 3 nitrogen and oxygen atoms in total. The Morgan fingerprint density at radius 2 is 1.50 bits per heavy atom. The normalized spacial score (nSPS) is 21.4. The minimum Gasteiger partial charge on any atom is -0.260 e. The number of hydrogen-bond donors (Lipinski definition) is 0. The van der Waals surface area contributed by atoms with Crippen LogP contribution in [0.1, 0.15) is 5.56 Å². The first kappa shape index (κ1) is 13.5. The van der Waals surface area contributed by atoms with E-state index in [0.717, 1.165) is 11.3 Å². The van der Waals surface area contributed by atoms with Crippen LogP contribution in [0.3, 0.4) is 0 Å². The van der Waals surface area contributed by atoms with Crippen molar-refractivity contribution in [2.45, 2.75) is 9.34 Å². The van der Waals surface area contributed by atoms with Crippen LogP contribution < -0.4 is 0 Å². The van der Waals surface area contributed by atoms with Crippen molar-refractivity contribution in [3.63, 3.8) is 0 Å². The number of hydrogen-bond acceptors (Lipinski definition) is 3. The van der Waals surface area contributed by atoms with Crippen LogP contribution in [-0.4, -0.2) is 24.3 Å². The van der Waals surface area contributed by atoms with E-state index in [4.69, 9.17) is 0 Å². The quantitative estimate of drug-likeness (QED) is 0.629. The van der Waals surface area contributed by atoms with Gasteiger partial charge in [-0.3, -0.25) is 4.99 Å². The zero-order valence-corrected chi connectivity index (χ0v) is 12.9. The smallest absolute Gasteiger partial charge is 0.182 e. The summed E-state index contributed by atoms with van der Waals surface area (Å²) in [5.41, 5.74) is 1.74. The second-order valence-electron chi connectivity index (χ2n) is 4.66. The molecule has 1 aliphatic heterocycles. The Hall–Kier alpha value is -1.46. The van der Waals surface area contributed by atoms with Gasteiger partial charge in [0.2, 0.25) is 0 Å². The van der Waals surface area contributed by atoms with Gasteiger partial charge < -0.3 is 0 Å². The van der Waals surface area contributed by atoms with Crippen LogP contribution in [0.15, 0.2) is 70.6 Å². The standard InChI is InChI=1S/C15H12BrNO2S/c16-15(14(17-15)12-7-3-1-4-8-12)11-20(18,19)13-9-5-2-6-10-13/h1-10H,11H2. The highest BCUT2D eigenvalue weighted by molar-refractivity contribution is 9.10. The number of sulfone groups is 1. The molecule has 0 fully saturated rings. The van der Waals surface area contributed by atoms with Gasteiger partial charge in [-0.05, 0) is 17.7 Å². The summed E-state index contributed by atoms with van der Waals surface area (Å²) in [6.07, 6.45) is 0. The fourth-order valence-corrected chi connectivity index (χ4v) is 4.85. The number of nitrogens with zero attached hydrogens (tertiary/aromatic N) is 1. The van der Waals surface area contributed by atoms with Gasteiger partial charge in [-0.2, -0.15) is 0 Å². The highest BCUT2D eigenvalue weighted by Gasteiger charge is 2.49. The molecular weight excluding hydrogens is 338 g/mol. The fraction of sp³-hybridized carbons (Fsp3) is 0.133. The largest absolute Gasteiger partial charge is 0.260 e. The minimum atomic E-state index is -3.36. The van der Waals surface area contributed by atoms with Gasteiger partial charge in [-0.15, -0.1) is 0 Å². The lowest BCUT2D eigenvalue weighted by Crippen LogP contribution is -2.23. The van der Waals surface area contributed by atoms with E-state index in [1.165, 1.54) is 0 Å². The zero-order chi connectivity index (χ0) is 14.2. The molecule has 3 rings (SSSR count). The van der Waals surface area contributed by atoms with Crippen molar-refractivity contribution in [2.24, 2.45) is 4.99 Å². The predicted octanol–water partition coefficient (Wildman–Crippen LogP) is 3.05. The summed E-state index contributed by atoms with van der Waals surface area (Å²) in [4.78, 5) is 4.65. The highest BCUT2D eigenvalue weighted by atomic mass is 79.9. The maximum absolute atomic E-state index is 12.4. The molecule has 0 bridgehead atoms. The van der Waals surface area contributed by atoms with Gasteiger partial charge in [0.05, 0.1) is 16.4 Å².